The summed E-state index contributed by atoms with van der Waals surface area (Å²) in [5.41, 5.74) is 7.99. The molecule has 0 fully saturated rings. The Hall–Kier alpha value is -2.07. The summed E-state index contributed by atoms with van der Waals surface area (Å²) >= 11 is 0. The molecule has 1 unspecified atom stereocenters. The molecule has 0 radical (unpaired) electrons. The predicted octanol–water partition coefficient (Wildman–Crippen LogP) is 3.02. The van der Waals surface area contributed by atoms with Crippen molar-refractivity contribution in [3.63, 3.8) is 0 Å². The van der Waals surface area contributed by atoms with Crippen molar-refractivity contribution >= 4 is 11.5 Å². The molecule has 1 aromatic carbocycles. The van der Waals surface area contributed by atoms with Crippen molar-refractivity contribution in [2.45, 2.75) is 19.4 Å². The van der Waals surface area contributed by atoms with E-state index in [0.717, 1.165) is 42.4 Å². The van der Waals surface area contributed by atoms with E-state index in [1.165, 1.54) is 0 Å². The summed E-state index contributed by atoms with van der Waals surface area (Å²) in [6.07, 6.45) is 2.83. The fraction of sp³-hybridized carbons (Fsp3) is 0.312. The number of anilines is 2. The monoisotopic (exact) mass is 269 g/mol. The molecule has 4 nitrogen and oxygen atoms in total. The summed E-state index contributed by atoms with van der Waals surface area (Å²) in [5.74, 6) is 1.86. The van der Waals surface area contributed by atoms with Crippen LogP contribution in [-0.2, 0) is 0 Å². The highest BCUT2D eigenvalue weighted by atomic mass is 16.5. The second-order valence-electron chi connectivity index (χ2n) is 5.06. The smallest absolute Gasteiger partial charge is 0.142 e. The van der Waals surface area contributed by atoms with Gasteiger partial charge < -0.3 is 15.4 Å². The van der Waals surface area contributed by atoms with Crippen LogP contribution in [0, 0.1) is 0 Å². The van der Waals surface area contributed by atoms with Gasteiger partial charge in [0.15, 0.2) is 0 Å². The first-order valence-electron chi connectivity index (χ1n) is 6.96. The Bertz CT molecular complexity index is 581. The molecule has 0 bridgehead atoms. The molecule has 1 aliphatic rings. The van der Waals surface area contributed by atoms with Crippen molar-refractivity contribution in [2.75, 3.05) is 18.1 Å². The zero-order chi connectivity index (χ0) is 13.9. The third-order valence-electron chi connectivity index (χ3n) is 3.51. The molecular formula is C16H19N3O. The fourth-order valence-electron chi connectivity index (χ4n) is 2.39. The average molecular weight is 269 g/mol. The molecule has 0 saturated carbocycles. The average Bonchev–Trinajstić information content (AvgIpc) is 2.69. The van der Waals surface area contributed by atoms with Crippen LogP contribution in [0.25, 0.3) is 0 Å². The molecule has 2 aromatic rings. The van der Waals surface area contributed by atoms with E-state index in [9.17, 15) is 0 Å². The number of fused-ring (bicyclic) bond motifs is 1. The highest BCUT2D eigenvalue weighted by Crippen LogP contribution is 2.34. The van der Waals surface area contributed by atoms with E-state index in [-0.39, 0.29) is 6.04 Å². The number of para-hydroxylation sites is 2. The molecule has 0 aliphatic carbocycles. The number of pyridine rings is 1. The van der Waals surface area contributed by atoms with E-state index < -0.39 is 0 Å². The maximum Gasteiger partial charge on any atom is 0.142 e. The van der Waals surface area contributed by atoms with Gasteiger partial charge in [-0.1, -0.05) is 18.2 Å². The Morgan fingerprint density at radius 1 is 1.25 bits per heavy atom. The number of aromatic nitrogens is 1. The number of hydrogen-bond acceptors (Lipinski definition) is 4. The van der Waals surface area contributed by atoms with Crippen molar-refractivity contribution in [3.05, 3.63) is 48.2 Å². The number of benzene rings is 1. The first-order chi connectivity index (χ1) is 9.75. The van der Waals surface area contributed by atoms with Crippen LogP contribution in [0.2, 0.25) is 0 Å². The maximum absolute atomic E-state index is 5.87. The minimum atomic E-state index is 0.0105. The van der Waals surface area contributed by atoms with Crippen LogP contribution in [0.15, 0.2) is 42.6 Å². The molecule has 0 amide bonds. The van der Waals surface area contributed by atoms with E-state index in [4.69, 9.17) is 10.5 Å². The maximum atomic E-state index is 5.87. The van der Waals surface area contributed by atoms with Crippen molar-refractivity contribution in [2.24, 2.45) is 5.73 Å². The van der Waals surface area contributed by atoms with Gasteiger partial charge in [-0.25, -0.2) is 4.98 Å². The zero-order valence-corrected chi connectivity index (χ0v) is 11.6. The van der Waals surface area contributed by atoms with E-state index in [2.05, 4.69) is 16.0 Å². The summed E-state index contributed by atoms with van der Waals surface area (Å²) in [4.78, 5) is 6.76. The van der Waals surface area contributed by atoms with Crippen LogP contribution in [0.4, 0.5) is 11.5 Å². The number of nitrogens with zero attached hydrogens (tertiary/aromatic N) is 2. The lowest BCUT2D eigenvalue weighted by Crippen LogP contribution is -2.19. The molecular weight excluding hydrogens is 250 g/mol. The van der Waals surface area contributed by atoms with E-state index in [1.807, 2.05) is 43.5 Å². The first-order valence-corrected chi connectivity index (χ1v) is 6.96. The Kier molecular flexibility index (Phi) is 3.56. The first kappa shape index (κ1) is 12.9. The van der Waals surface area contributed by atoms with Gasteiger partial charge in [0.2, 0.25) is 0 Å². The standard InChI is InChI=1S/C16H19N3O/c1-12(17)13-7-8-16(18-11-13)19-9-4-10-20-15-6-3-2-5-14(15)19/h2-3,5-8,11-12H,4,9-10,17H2,1H3. The summed E-state index contributed by atoms with van der Waals surface area (Å²) in [6.45, 7) is 3.61. The molecule has 1 aromatic heterocycles. The Morgan fingerprint density at radius 2 is 2.10 bits per heavy atom. The lowest BCUT2D eigenvalue weighted by Gasteiger charge is -2.23. The van der Waals surface area contributed by atoms with Crippen LogP contribution >= 0.6 is 0 Å². The molecule has 0 saturated heterocycles. The molecule has 2 heterocycles. The van der Waals surface area contributed by atoms with E-state index in [0.29, 0.717) is 0 Å². The summed E-state index contributed by atoms with van der Waals surface area (Å²) < 4.78 is 5.77. The Balaban J connectivity index is 1.97. The highest BCUT2D eigenvalue weighted by molar-refractivity contribution is 5.67. The fourth-order valence-corrected chi connectivity index (χ4v) is 2.39. The van der Waals surface area contributed by atoms with Crippen molar-refractivity contribution in [1.29, 1.82) is 0 Å². The van der Waals surface area contributed by atoms with Crippen LogP contribution in [0.3, 0.4) is 0 Å². The van der Waals surface area contributed by atoms with Crippen molar-refractivity contribution < 1.29 is 4.74 Å². The lowest BCUT2D eigenvalue weighted by molar-refractivity contribution is 0.322. The Labute approximate surface area is 119 Å². The van der Waals surface area contributed by atoms with Crippen LogP contribution < -0.4 is 15.4 Å². The normalized spacial score (nSPS) is 16.0. The third kappa shape index (κ3) is 2.47. The number of hydrogen-bond donors (Lipinski definition) is 1. The molecule has 2 N–H and O–H groups in total. The molecule has 104 valence electrons. The largest absolute Gasteiger partial charge is 0.491 e. The van der Waals surface area contributed by atoms with E-state index >= 15 is 0 Å². The molecule has 1 atom stereocenters. The van der Waals surface area contributed by atoms with Gasteiger partial charge in [0, 0.05) is 18.8 Å². The minimum Gasteiger partial charge on any atom is -0.491 e. The van der Waals surface area contributed by atoms with Crippen LogP contribution in [0.1, 0.15) is 24.9 Å². The second-order valence-corrected chi connectivity index (χ2v) is 5.06. The van der Waals surface area contributed by atoms with Gasteiger partial charge in [-0.15, -0.1) is 0 Å². The number of nitrogens with two attached hydrogens (primary N) is 1. The van der Waals surface area contributed by atoms with Gasteiger partial charge in [-0.05, 0) is 37.1 Å². The SMILES string of the molecule is CC(N)c1ccc(N2CCCOc3ccccc32)nc1. The summed E-state index contributed by atoms with van der Waals surface area (Å²) in [5, 5.41) is 0. The van der Waals surface area contributed by atoms with Crippen LogP contribution in [0.5, 0.6) is 5.75 Å². The van der Waals surface area contributed by atoms with Gasteiger partial charge in [0.25, 0.3) is 0 Å². The molecule has 20 heavy (non-hydrogen) atoms. The quantitative estimate of drug-likeness (QED) is 0.910. The predicted molar refractivity (Wildman–Crippen MR) is 80.4 cm³/mol. The third-order valence-corrected chi connectivity index (χ3v) is 3.51. The summed E-state index contributed by atoms with van der Waals surface area (Å²) in [6, 6.07) is 12.2. The van der Waals surface area contributed by atoms with Crippen LogP contribution in [-0.4, -0.2) is 18.1 Å². The number of rotatable bonds is 2. The minimum absolute atomic E-state index is 0.0105. The molecule has 3 rings (SSSR count). The van der Waals surface area contributed by atoms with Gasteiger partial charge in [0.1, 0.15) is 11.6 Å². The Morgan fingerprint density at radius 3 is 2.85 bits per heavy atom. The van der Waals surface area contributed by atoms with E-state index in [1.54, 1.807) is 0 Å². The zero-order valence-electron chi connectivity index (χ0n) is 11.6. The highest BCUT2D eigenvalue weighted by Gasteiger charge is 2.18. The lowest BCUT2D eigenvalue weighted by atomic mass is 10.1. The van der Waals surface area contributed by atoms with Gasteiger partial charge >= 0.3 is 0 Å². The molecule has 4 heteroatoms. The molecule has 0 spiro atoms. The second kappa shape index (κ2) is 5.51. The van der Waals surface area contributed by atoms with Gasteiger partial charge in [-0.3, -0.25) is 0 Å². The van der Waals surface area contributed by atoms with Gasteiger partial charge in [-0.2, -0.15) is 0 Å². The molecule has 1 aliphatic heterocycles. The van der Waals surface area contributed by atoms with Crippen molar-refractivity contribution in [3.8, 4) is 5.75 Å². The van der Waals surface area contributed by atoms with Crippen molar-refractivity contribution in [1.82, 2.24) is 4.98 Å². The number of ether oxygens (including phenoxy) is 1. The van der Waals surface area contributed by atoms with Gasteiger partial charge in [0.05, 0.1) is 12.3 Å². The summed E-state index contributed by atoms with van der Waals surface area (Å²) in [7, 11) is 0. The topological polar surface area (TPSA) is 51.4 Å².